The largest absolute Gasteiger partial charge is 0.431 e. The van der Waals surface area contributed by atoms with E-state index in [2.05, 4.69) is 19.2 Å². The number of nitrogens with zero attached hydrogens (tertiary/aromatic N) is 2. The van der Waals surface area contributed by atoms with Gasteiger partial charge < -0.3 is 14.4 Å². The van der Waals surface area contributed by atoms with Crippen molar-refractivity contribution in [3.8, 4) is 11.5 Å². The summed E-state index contributed by atoms with van der Waals surface area (Å²) in [4.78, 5) is 6.69. The third-order valence-corrected chi connectivity index (χ3v) is 6.83. The summed E-state index contributed by atoms with van der Waals surface area (Å²) in [6.45, 7) is -6.11. The fraction of sp³-hybridized carbons (Fsp3) is 0.211. The maximum atomic E-state index is 12.9. The van der Waals surface area contributed by atoms with Gasteiger partial charge in [0, 0.05) is 35.1 Å². The van der Waals surface area contributed by atoms with Crippen molar-refractivity contribution in [3.05, 3.63) is 58.5 Å². The van der Waals surface area contributed by atoms with E-state index in [-0.39, 0.29) is 18.0 Å². The van der Waals surface area contributed by atoms with Gasteiger partial charge in [0.25, 0.3) is 0 Å². The molecule has 170 valence electrons. The molecule has 0 bridgehead atoms. The van der Waals surface area contributed by atoms with Crippen LogP contribution in [0.25, 0.3) is 0 Å². The zero-order valence-corrected chi connectivity index (χ0v) is 17.7. The maximum Gasteiger partial charge on any atom is 0.387 e. The summed E-state index contributed by atoms with van der Waals surface area (Å²) in [5.74, 6) is -1.09. The average molecular weight is 489 g/mol. The van der Waals surface area contributed by atoms with Crippen molar-refractivity contribution >= 4 is 32.7 Å². The number of benzene rings is 2. The van der Waals surface area contributed by atoms with Crippen molar-refractivity contribution < 1.29 is 35.5 Å². The molecule has 0 amide bonds. The number of nitrogens with one attached hydrogen (secondary N) is 1. The number of anilines is 2. The van der Waals surface area contributed by atoms with Gasteiger partial charge in [0.15, 0.2) is 11.5 Å². The molecule has 2 aromatic carbocycles. The van der Waals surface area contributed by atoms with Gasteiger partial charge in [0.2, 0.25) is 10.0 Å². The van der Waals surface area contributed by atoms with Crippen molar-refractivity contribution in [1.29, 1.82) is 0 Å². The number of sulfonamides is 1. The standard InChI is InChI=1S/C19H15F4N3O4S2/c20-18(21)29-15-3-1-13(6-16(15)30-19(22)23)26(9-14-8-24-10-31-14)12-2-4-17-11(5-12)7-25-32(17,27)28/h1-6,8,10,18-19,25H,7,9H2. The molecule has 0 saturated heterocycles. The number of halogens is 4. The molecule has 0 fully saturated rings. The highest BCUT2D eigenvalue weighted by atomic mass is 32.2. The molecule has 0 atom stereocenters. The molecule has 13 heteroatoms. The Bertz CT molecular complexity index is 1210. The van der Waals surface area contributed by atoms with E-state index in [4.69, 9.17) is 0 Å². The van der Waals surface area contributed by atoms with E-state index >= 15 is 0 Å². The van der Waals surface area contributed by atoms with E-state index in [1.54, 1.807) is 28.7 Å². The summed E-state index contributed by atoms with van der Waals surface area (Å²) in [6.07, 6.45) is 1.63. The molecular weight excluding hydrogens is 474 g/mol. The Morgan fingerprint density at radius 2 is 1.72 bits per heavy atom. The number of fused-ring (bicyclic) bond motifs is 1. The summed E-state index contributed by atoms with van der Waals surface area (Å²) in [6, 6.07) is 8.36. The molecule has 3 aromatic rings. The first-order valence-electron chi connectivity index (χ1n) is 9.04. The Morgan fingerprint density at radius 3 is 2.41 bits per heavy atom. The number of hydrogen-bond acceptors (Lipinski definition) is 7. The van der Waals surface area contributed by atoms with Crippen LogP contribution in [0.4, 0.5) is 28.9 Å². The lowest BCUT2D eigenvalue weighted by Gasteiger charge is -2.26. The van der Waals surface area contributed by atoms with Gasteiger partial charge in [-0.2, -0.15) is 17.6 Å². The lowest BCUT2D eigenvalue weighted by molar-refractivity contribution is -0.0692. The second-order valence-electron chi connectivity index (χ2n) is 6.56. The lowest BCUT2D eigenvalue weighted by Crippen LogP contribution is -2.17. The van der Waals surface area contributed by atoms with E-state index in [0.29, 0.717) is 16.9 Å². The van der Waals surface area contributed by atoms with E-state index in [1.165, 1.54) is 23.5 Å². The first kappa shape index (κ1) is 22.3. The van der Waals surface area contributed by atoms with E-state index in [1.807, 2.05) is 0 Å². The van der Waals surface area contributed by atoms with Crippen molar-refractivity contribution in [2.24, 2.45) is 0 Å². The fourth-order valence-corrected chi connectivity index (χ4v) is 5.05. The van der Waals surface area contributed by atoms with Crippen molar-refractivity contribution in [3.63, 3.8) is 0 Å². The zero-order valence-electron chi connectivity index (χ0n) is 16.0. The van der Waals surface area contributed by atoms with Gasteiger partial charge in [-0.25, -0.2) is 13.1 Å². The van der Waals surface area contributed by atoms with Gasteiger partial charge in [-0.15, -0.1) is 11.3 Å². The normalized spacial score (nSPS) is 14.6. The maximum absolute atomic E-state index is 12.9. The first-order valence-corrected chi connectivity index (χ1v) is 11.4. The number of hydrogen-bond donors (Lipinski definition) is 1. The van der Waals surface area contributed by atoms with Crippen LogP contribution in [0.3, 0.4) is 0 Å². The summed E-state index contributed by atoms with van der Waals surface area (Å²) >= 11 is 1.36. The van der Waals surface area contributed by atoms with Crippen LogP contribution in [0.2, 0.25) is 0 Å². The molecule has 0 radical (unpaired) electrons. The third kappa shape index (κ3) is 4.79. The first-order chi connectivity index (χ1) is 15.2. The molecule has 7 nitrogen and oxygen atoms in total. The van der Waals surface area contributed by atoms with Crippen LogP contribution in [0.15, 0.2) is 53.0 Å². The highest BCUT2D eigenvalue weighted by molar-refractivity contribution is 7.89. The SMILES string of the molecule is O=S1(=O)NCc2cc(N(Cc3cncs3)c3ccc(OC(F)F)c(OC(F)F)c3)ccc21. The minimum Gasteiger partial charge on any atom is -0.431 e. The highest BCUT2D eigenvalue weighted by Crippen LogP contribution is 2.38. The van der Waals surface area contributed by atoms with Crippen LogP contribution in [-0.4, -0.2) is 26.6 Å². The zero-order chi connectivity index (χ0) is 22.9. The lowest BCUT2D eigenvalue weighted by atomic mass is 10.1. The Morgan fingerprint density at radius 1 is 1.03 bits per heavy atom. The Balaban J connectivity index is 1.77. The van der Waals surface area contributed by atoms with E-state index in [9.17, 15) is 26.0 Å². The summed E-state index contributed by atoms with van der Waals surface area (Å²) in [5.41, 5.74) is 3.06. The predicted octanol–water partition coefficient (Wildman–Crippen LogP) is 4.48. The molecule has 2 heterocycles. The minimum absolute atomic E-state index is 0.112. The second-order valence-corrected chi connectivity index (χ2v) is 9.26. The third-order valence-electron chi connectivity index (χ3n) is 4.57. The summed E-state index contributed by atoms with van der Waals surface area (Å²) in [5, 5.41) is 0. The smallest absolute Gasteiger partial charge is 0.387 e. The molecule has 1 aromatic heterocycles. The molecular formula is C19H15F4N3O4S2. The number of rotatable bonds is 8. The van der Waals surface area contributed by atoms with Crippen molar-refractivity contribution in [2.45, 2.75) is 31.2 Å². The van der Waals surface area contributed by atoms with Crippen LogP contribution in [0.5, 0.6) is 11.5 Å². The average Bonchev–Trinajstić information content (AvgIpc) is 3.34. The molecule has 4 rings (SSSR count). The van der Waals surface area contributed by atoms with Gasteiger partial charge in [0.05, 0.1) is 17.0 Å². The second kappa shape index (κ2) is 8.92. The van der Waals surface area contributed by atoms with Gasteiger partial charge in [-0.1, -0.05) is 0 Å². The molecule has 1 aliphatic rings. The van der Waals surface area contributed by atoms with E-state index in [0.717, 1.165) is 17.0 Å². The monoisotopic (exact) mass is 489 g/mol. The van der Waals surface area contributed by atoms with Crippen LogP contribution < -0.4 is 19.1 Å². The van der Waals surface area contributed by atoms with Gasteiger partial charge >= 0.3 is 13.2 Å². The number of thiazole rings is 1. The van der Waals surface area contributed by atoms with E-state index < -0.39 is 34.7 Å². The number of ether oxygens (including phenoxy) is 2. The van der Waals surface area contributed by atoms with Crippen LogP contribution in [-0.2, 0) is 23.1 Å². The Kier molecular flexibility index (Phi) is 6.22. The van der Waals surface area contributed by atoms with Crippen LogP contribution >= 0.6 is 11.3 Å². The van der Waals surface area contributed by atoms with Crippen molar-refractivity contribution in [1.82, 2.24) is 9.71 Å². The number of alkyl halides is 4. The molecule has 0 saturated carbocycles. The number of aromatic nitrogens is 1. The van der Waals surface area contributed by atoms with Crippen LogP contribution in [0, 0.1) is 0 Å². The van der Waals surface area contributed by atoms with Gasteiger partial charge in [-0.3, -0.25) is 4.98 Å². The molecule has 1 N–H and O–H groups in total. The van der Waals surface area contributed by atoms with Gasteiger partial charge in [0.1, 0.15) is 0 Å². The molecule has 1 aliphatic heterocycles. The minimum atomic E-state index is -3.57. The Labute approximate surface area is 184 Å². The van der Waals surface area contributed by atoms with Crippen LogP contribution in [0.1, 0.15) is 10.4 Å². The molecule has 0 aliphatic carbocycles. The topological polar surface area (TPSA) is 80.8 Å². The molecule has 0 unspecified atom stereocenters. The Hall–Kier alpha value is -2.90. The highest BCUT2D eigenvalue weighted by Gasteiger charge is 2.27. The summed E-state index contributed by atoms with van der Waals surface area (Å²) < 4.78 is 86.3. The summed E-state index contributed by atoms with van der Waals surface area (Å²) in [7, 11) is -3.57. The predicted molar refractivity (Wildman–Crippen MR) is 108 cm³/mol. The molecule has 32 heavy (non-hydrogen) atoms. The fourth-order valence-electron chi connectivity index (χ4n) is 3.24. The van der Waals surface area contributed by atoms with Gasteiger partial charge in [-0.05, 0) is 35.9 Å². The quantitative estimate of drug-likeness (QED) is 0.470. The van der Waals surface area contributed by atoms with Crippen molar-refractivity contribution in [2.75, 3.05) is 4.90 Å². The molecule has 0 spiro atoms.